The van der Waals surface area contributed by atoms with Crippen molar-refractivity contribution in [3.63, 3.8) is 0 Å². The second kappa shape index (κ2) is 12.2. The molecule has 1 spiro atoms. The van der Waals surface area contributed by atoms with Gasteiger partial charge >= 0.3 is 7.82 Å². The van der Waals surface area contributed by atoms with Gasteiger partial charge in [0.2, 0.25) is 17.7 Å². The van der Waals surface area contributed by atoms with Gasteiger partial charge in [0, 0.05) is 34.4 Å². The monoisotopic (exact) mass is 775 g/mol. The molecule has 10 bridgehead atoms. The molecule has 56 heavy (non-hydrogen) atoms. The molecule has 2 aromatic heterocycles. The second-order valence-electron chi connectivity index (χ2n) is 15.7. The zero-order valence-electron chi connectivity index (χ0n) is 30.8. The maximum Gasteiger partial charge on any atom is 0.470 e. The van der Waals surface area contributed by atoms with Crippen LogP contribution in [0, 0.1) is 11.8 Å². The van der Waals surface area contributed by atoms with Crippen LogP contribution in [-0.2, 0) is 36.9 Å². The van der Waals surface area contributed by atoms with Crippen LogP contribution in [-0.4, -0.2) is 49.9 Å². The standard InChI is InChI=1S/C41H38N5O9P/c1-18(2)31-39-45-33-35(54-39)41-25-10-6-9-23(22-8-5-7-21-12-13-24(30(21)22)29-17-42-38(33)52-29)32(25)46-40(41)53-28-14-11-20(15-26(28)41)16-27(36(47)44-31)43-37(48)34(19(3)4)55-56(49,50)51/h5-11,13-15,17-19,27,31,34,40,46H,12,16H2,1-4H3,(H,43,48)(H,44,47)(H2,49,50,51)/t27-,31-,34-,40?,41-/m0/s1. The maximum atomic E-state index is 14.3. The summed E-state index contributed by atoms with van der Waals surface area (Å²) in [6, 6.07) is 16.2. The van der Waals surface area contributed by atoms with E-state index in [0.29, 0.717) is 28.5 Å². The lowest BCUT2D eigenvalue weighted by Gasteiger charge is -2.29. The normalized spacial score (nSPS) is 22.9. The number of nitrogens with zero attached hydrogens (tertiary/aromatic N) is 2. The highest BCUT2D eigenvalue weighted by Crippen LogP contribution is 2.61. The Balaban J connectivity index is 1.22. The van der Waals surface area contributed by atoms with Crippen LogP contribution in [0.5, 0.6) is 5.75 Å². The van der Waals surface area contributed by atoms with Crippen LogP contribution < -0.4 is 20.7 Å². The van der Waals surface area contributed by atoms with E-state index in [-0.39, 0.29) is 24.1 Å². The number of oxazole rings is 2. The van der Waals surface area contributed by atoms with E-state index >= 15 is 0 Å². The van der Waals surface area contributed by atoms with Crippen LogP contribution in [0.1, 0.15) is 79.0 Å². The molecule has 0 fully saturated rings. The molecule has 5 atom stereocenters. The van der Waals surface area contributed by atoms with Crippen molar-refractivity contribution in [2.45, 2.75) is 70.4 Å². The number of nitrogens with one attached hydrogen (secondary N) is 3. The number of rotatable bonds is 6. The Morgan fingerprint density at radius 3 is 2.62 bits per heavy atom. The van der Waals surface area contributed by atoms with Crippen molar-refractivity contribution in [3.05, 3.63) is 112 Å². The van der Waals surface area contributed by atoms with Gasteiger partial charge in [-0.15, -0.1) is 0 Å². The smallest absolute Gasteiger partial charge is 0.469 e. The zero-order chi connectivity index (χ0) is 38.8. The van der Waals surface area contributed by atoms with Crippen LogP contribution in [0.4, 0.5) is 5.69 Å². The third kappa shape index (κ3) is 5.09. The van der Waals surface area contributed by atoms with Crippen molar-refractivity contribution in [1.29, 1.82) is 0 Å². The summed E-state index contributed by atoms with van der Waals surface area (Å²) in [6.07, 6.45) is 2.44. The molecule has 0 saturated carbocycles. The predicted octanol–water partition coefficient (Wildman–Crippen LogP) is 5.76. The van der Waals surface area contributed by atoms with Crippen molar-refractivity contribution in [2.75, 3.05) is 5.32 Å². The zero-order valence-corrected chi connectivity index (χ0v) is 31.7. The van der Waals surface area contributed by atoms with Gasteiger partial charge < -0.3 is 39.3 Å². The van der Waals surface area contributed by atoms with E-state index in [1.807, 2.05) is 38.1 Å². The summed E-state index contributed by atoms with van der Waals surface area (Å²) in [5.74, 6) is -0.176. The van der Waals surface area contributed by atoms with Crippen LogP contribution >= 0.6 is 7.82 Å². The van der Waals surface area contributed by atoms with Crippen LogP contribution in [0.25, 0.3) is 28.3 Å². The van der Waals surface area contributed by atoms with Gasteiger partial charge in [0.1, 0.15) is 29.4 Å². The summed E-state index contributed by atoms with van der Waals surface area (Å²) >= 11 is 0. The average molecular weight is 776 g/mol. The molecule has 15 heteroatoms. The number of hydrogen-bond donors (Lipinski definition) is 5. The van der Waals surface area contributed by atoms with Gasteiger partial charge in [0.05, 0.1) is 6.20 Å². The molecule has 4 aliphatic heterocycles. The molecule has 5 N–H and O–H groups in total. The van der Waals surface area contributed by atoms with Crippen LogP contribution in [0.15, 0.2) is 75.7 Å². The van der Waals surface area contributed by atoms with E-state index in [4.69, 9.17) is 28.1 Å². The molecule has 10 rings (SSSR count). The number of ether oxygens (including phenoxy) is 1. The van der Waals surface area contributed by atoms with E-state index in [9.17, 15) is 23.9 Å². The number of phosphoric acid groups is 1. The number of aromatic nitrogens is 2. The molecular weight excluding hydrogens is 737 g/mol. The summed E-state index contributed by atoms with van der Waals surface area (Å²) in [5.41, 5.74) is 7.69. The summed E-state index contributed by atoms with van der Waals surface area (Å²) in [7, 11) is -5.04. The number of fused-ring (bicyclic) bond motifs is 7. The Hall–Kier alpha value is -5.53. The highest BCUT2D eigenvalue weighted by molar-refractivity contribution is 7.46. The summed E-state index contributed by atoms with van der Waals surface area (Å²) in [6.45, 7) is 7.04. The summed E-state index contributed by atoms with van der Waals surface area (Å²) in [4.78, 5) is 57.0. The molecule has 14 nitrogen and oxygen atoms in total. The van der Waals surface area contributed by atoms with Crippen molar-refractivity contribution in [3.8, 4) is 28.5 Å². The molecule has 5 aliphatic rings. The number of para-hydroxylation sites is 1. The van der Waals surface area contributed by atoms with Crippen molar-refractivity contribution < 1.29 is 42.0 Å². The number of carbonyl (C=O) groups excluding carboxylic acids is 2. The first-order chi connectivity index (χ1) is 26.8. The highest BCUT2D eigenvalue weighted by Gasteiger charge is 2.62. The molecule has 0 saturated heterocycles. The highest BCUT2D eigenvalue weighted by atomic mass is 31.2. The molecule has 3 aromatic carbocycles. The molecule has 0 radical (unpaired) electrons. The third-order valence-corrected chi connectivity index (χ3v) is 12.0. The SMILES string of the molecule is CC(C)[C@H](OP(=O)(O)O)C(=O)N[C@H]1Cc2ccc3c(c2)[C@]24c5cccc(c5NC2O3)-c2cccc3c2C(=CC3)c2cnc(o2)-c2nc(oc24)[C@H](C(C)C)NC1=O. The fourth-order valence-corrected chi connectivity index (χ4v) is 9.61. The van der Waals surface area contributed by atoms with E-state index in [1.54, 1.807) is 20.0 Å². The van der Waals surface area contributed by atoms with E-state index in [0.717, 1.165) is 45.5 Å². The fourth-order valence-electron chi connectivity index (χ4n) is 8.98. The van der Waals surface area contributed by atoms with Gasteiger partial charge in [-0.2, -0.15) is 0 Å². The Kier molecular flexibility index (Phi) is 7.63. The summed E-state index contributed by atoms with van der Waals surface area (Å²) in [5, 5.41) is 9.56. The molecule has 2 amide bonds. The quantitative estimate of drug-likeness (QED) is 0.131. The molecule has 1 aliphatic carbocycles. The van der Waals surface area contributed by atoms with Crippen molar-refractivity contribution in [1.82, 2.24) is 20.6 Å². The fraction of sp³-hybridized carbons (Fsp3) is 0.317. The van der Waals surface area contributed by atoms with E-state index in [1.165, 1.54) is 5.56 Å². The van der Waals surface area contributed by atoms with Crippen LogP contribution in [0.3, 0.4) is 0 Å². The van der Waals surface area contributed by atoms with E-state index < -0.39 is 55.4 Å². The molecule has 5 aromatic rings. The minimum absolute atomic E-state index is 0.0328. The number of anilines is 1. The van der Waals surface area contributed by atoms with Crippen molar-refractivity contribution >= 4 is 30.9 Å². The first kappa shape index (κ1) is 34.9. The average Bonchev–Trinajstić information content (AvgIpc) is 3.98. The largest absolute Gasteiger partial charge is 0.470 e. The molecule has 286 valence electrons. The number of allylic oxidation sites excluding steroid dienone is 1. The lowest BCUT2D eigenvalue weighted by molar-refractivity contribution is -0.135. The number of phosphoric ester groups is 1. The second-order valence-corrected chi connectivity index (χ2v) is 16.9. The summed E-state index contributed by atoms with van der Waals surface area (Å²) < 4.78 is 37.1. The Labute approximate surface area is 321 Å². The minimum atomic E-state index is -5.04. The van der Waals surface area contributed by atoms with Gasteiger partial charge in [-0.05, 0) is 46.6 Å². The van der Waals surface area contributed by atoms with Gasteiger partial charge in [-0.25, -0.2) is 14.5 Å². The topological polar surface area (TPSA) is 198 Å². The first-order valence-electron chi connectivity index (χ1n) is 18.7. The Morgan fingerprint density at radius 1 is 1.04 bits per heavy atom. The Morgan fingerprint density at radius 2 is 1.84 bits per heavy atom. The number of carbonyl (C=O) groups is 2. The molecule has 6 heterocycles. The number of benzene rings is 3. The van der Waals surface area contributed by atoms with Gasteiger partial charge in [0.25, 0.3) is 5.91 Å². The lowest BCUT2D eigenvalue weighted by atomic mass is 9.72. The first-order valence-corrected chi connectivity index (χ1v) is 20.2. The number of amides is 2. The van der Waals surface area contributed by atoms with Crippen molar-refractivity contribution in [2.24, 2.45) is 11.8 Å². The van der Waals surface area contributed by atoms with Gasteiger partial charge in [-0.3, -0.25) is 14.1 Å². The third-order valence-electron chi connectivity index (χ3n) is 11.5. The number of hydrogen-bond acceptors (Lipinski definition) is 10. The predicted molar refractivity (Wildman–Crippen MR) is 202 cm³/mol. The van der Waals surface area contributed by atoms with E-state index in [2.05, 4.69) is 52.4 Å². The molecular formula is C41H38N5O9P. The Bertz CT molecular complexity index is 2590. The van der Waals surface area contributed by atoms with Crippen LogP contribution in [0.2, 0.25) is 0 Å². The maximum absolute atomic E-state index is 14.3. The van der Waals surface area contributed by atoms with Gasteiger partial charge in [-0.1, -0.05) is 82.3 Å². The molecule has 1 unspecified atom stereocenters. The minimum Gasteiger partial charge on any atom is -0.469 e. The van der Waals surface area contributed by atoms with Gasteiger partial charge in [0.15, 0.2) is 23.4 Å². The lowest BCUT2D eigenvalue weighted by Crippen LogP contribution is -2.53.